The Morgan fingerprint density at radius 3 is 2.50 bits per heavy atom. The van der Waals surface area contributed by atoms with Crippen molar-refractivity contribution in [3.8, 4) is 0 Å². The maximum Gasteiger partial charge on any atom is 0.323 e. The van der Waals surface area contributed by atoms with Crippen molar-refractivity contribution in [2.24, 2.45) is 45.3 Å². The Labute approximate surface area is 263 Å². The van der Waals surface area contributed by atoms with Crippen LogP contribution in [-0.2, 0) is 23.7 Å². The van der Waals surface area contributed by atoms with Gasteiger partial charge in [-0.3, -0.25) is 9.69 Å². The summed E-state index contributed by atoms with van der Waals surface area (Å²) < 4.78 is 24.9. The lowest BCUT2D eigenvalue weighted by Gasteiger charge is -2.60. The summed E-state index contributed by atoms with van der Waals surface area (Å²) in [5, 5.41) is 21.3. The van der Waals surface area contributed by atoms with Crippen molar-refractivity contribution in [3.63, 3.8) is 0 Å². The number of rotatable bonds is 5. The summed E-state index contributed by atoms with van der Waals surface area (Å²) in [6.45, 7) is 13.5. The van der Waals surface area contributed by atoms with Crippen LogP contribution in [0.25, 0.3) is 0 Å². The molecule has 248 valence electrons. The first kappa shape index (κ1) is 30.6. The smallest absolute Gasteiger partial charge is 0.323 e. The quantitative estimate of drug-likeness (QED) is 0.431. The van der Waals surface area contributed by atoms with E-state index in [1.54, 1.807) is 13.8 Å². The molecule has 44 heavy (non-hydrogen) atoms. The molecule has 8 fully saturated rings. The van der Waals surface area contributed by atoms with Gasteiger partial charge in [0, 0.05) is 13.0 Å². The van der Waals surface area contributed by atoms with E-state index in [0.717, 1.165) is 44.6 Å². The number of carbonyl (C=O) groups is 1. The second kappa shape index (κ2) is 10.1. The van der Waals surface area contributed by atoms with Crippen molar-refractivity contribution in [3.05, 3.63) is 0 Å². The molecular formula is C36H57NO7. The van der Waals surface area contributed by atoms with Crippen LogP contribution in [-0.4, -0.2) is 89.7 Å². The molecule has 0 radical (unpaired) electrons. The van der Waals surface area contributed by atoms with Crippen LogP contribution in [0.5, 0.6) is 0 Å². The number of aliphatic hydroxyl groups excluding tert-OH is 1. The fraction of sp³-hybridized carbons (Fsp3) is 0.972. The van der Waals surface area contributed by atoms with Crippen molar-refractivity contribution in [1.29, 1.82) is 0 Å². The molecule has 0 aromatic heterocycles. The van der Waals surface area contributed by atoms with Crippen LogP contribution in [0.3, 0.4) is 0 Å². The van der Waals surface area contributed by atoms with Gasteiger partial charge in [-0.25, -0.2) is 0 Å². The molecule has 8 heteroatoms. The number of aliphatic hydroxyl groups is 2. The van der Waals surface area contributed by atoms with Gasteiger partial charge in [-0.2, -0.15) is 0 Å². The average molecular weight is 616 g/mol. The van der Waals surface area contributed by atoms with E-state index < -0.39 is 11.7 Å². The minimum Gasteiger partial charge on any atom is -0.464 e. The van der Waals surface area contributed by atoms with Gasteiger partial charge in [0.25, 0.3) is 0 Å². The highest BCUT2D eigenvalue weighted by Crippen LogP contribution is 2.87. The minimum atomic E-state index is -1.14. The SMILES string of the molecule is CC(C)(O)[C@@H](O)C1CC[C@H]2C(CC3C4CCC5C(C)(C)[C@@H](OC6CN([C@@H]7CCOC7=O)CCO6)CCC56C[C@@]46CCC32C)O1. The standard InChI is InChI=1S/C36H57NO7/c1-32(2)27-9-7-21-23-18-26-22(6-8-25(43-26)30(38)33(3,4)40)34(23,5)13-14-35(21)20-36(27,35)12-10-28(32)44-29-19-37(15-17-41-29)24-11-16-42-31(24)39/h21-30,38,40H,6-20H2,1-5H3/t21?,22-,23?,24+,25?,26?,27?,28-,29?,30-,34?,35-,36?/m0/s1. The zero-order chi connectivity index (χ0) is 30.9. The van der Waals surface area contributed by atoms with Crippen LogP contribution in [0, 0.1) is 45.3 Å². The summed E-state index contributed by atoms with van der Waals surface area (Å²) in [6, 6.07) is -0.145. The van der Waals surface area contributed by atoms with Crippen LogP contribution in [0.2, 0.25) is 0 Å². The zero-order valence-corrected chi connectivity index (χ0v) is 27.8. The van der Waals surface area contributed by atoms with Crippen LogP contribution >= 0.6 is 0 Å². The first-order chi connectivity index (χ1) is 20.8. The Bertz CT molecular complexity index is 1150. The van der Waals surface area contributed by atoms with E-state index in [1.165, 1.54) is 38.5 Å². The third-order valence-electron chi connectivity index (χ3n) is 15.4. The fourth-order valence-corrected chi connectivity index (χ4v) is 13.2. The Morgan fingerprint density at radius 2 is 1.75 bits per heavy atom. The summed E-state index contributed by atoms with van der Waals surface area (Å²) in [4.78, 5) is 14.5. The van der Waals surface area contributed by atoms with Crippen molar-refractivity contribution < 1.29 is 34.0 Å². The summed E-state index contributed by atoms with van der Waals surface area (Å²) in [5.41, 5.74) is 0.189. The first-order valence-corrected chi connectivity index (χ1v) is 18.0. The molecule has 0 bridgehead atoms. The molecule has 3 aliphatic heterocycles. The molecule has 5 saturated carbocycles. The van der Waals surface area contributed by atoms with Gasteiger partial charge in [0.1, 0.15) is 12.1 Å². The number of cyclic esters (lactones) is 1. The number of hydrogen-bond acceptors (Lipinski definition) is 8. The van der Waals surface area contributed by atoms with Crippen LogP contribution in [0.4, 0.5) is 0 Å². The van der Waals surface area contributed by atoms with E-state index in [-0.39, 0.29) is 42.0 Å². The number of fused-ring (bicyclic) bond motifs is 4. The summed E-state index contributed by atoms with van der Waals surface area (Å²) >= 11 is 0. The lowest BCUT2D eigenvalue weighted by Crippen LogP contribution is -2.57. The number of morpholine rings is 1. The molecule has 8 aliphatic rings. The maximum atomic E-state index is 12.3. The van der Waals surface area contributed by atoms with E-state index in [0.29, 0.717) is 53.8 Å². The van der Waals surface area contributed by atoms with Gasteiger partial charge in [0.05, 0.1) is 43.7 Å². The number of esters is 1. The van der Waals surface area contributed by atoms with Gasteiger partial charge in [0.2, 0.25) is 0 Å². The summed E-state index contributed by atoms with van der Waals surface area (Å²) in [6.07, 6.45) is 11.9. The Kier molecular flexibility index (Phi) is 7.03. The number of hydrogen-bond donors (Lipinski definition) is 2. The van der Waals surface area contributed by atoms with Gasteiger partial charge >= 0.3 is 5.97 Å². The van der Waals surface area contributed by atoms with E-state index in [4.69, 9.17) is 18.9 Å². The molecule has 8 rings (SSSR count). The molecule has 2 spiro atoms. The van der Waals surface area contributed by atoms with E-state index >= 15 is 0 Å². The van der Waals surface area contributed by atoms with Gasteiger partial charge in [-0.05, 0) is 123 Å². The second-order valence-electron chi connectivity index (χ2n) is 17.8. The molecule has 5 aliphatic carbocycles. The van der Waals surface area contributed by atoms with Crippen molar-refractivity contribution in [2.45, 2.75) is 148 Å². The summed E-state index contributed by atoms with van der Waals surface area (Å²) in [7, 11) is 0. The van der Waals surface area contributed by atoms with Crippen molar-refractivity contribution in [1.82, 2.24) is 4.90 Å². The molecule has 3 saturated heterocycles. The monoisotopic (exact) mass is 615 g/mol. The van der Waals surface area contributed by atoms with Crippen LogP contribution < -0.4 is 0 Å². The number of nitrogens with zero attached hydrogens (tertiary/aromatic N) is 1. The van der Waals surface area contributed by atoms with Crippen molar-refractivity contribution >= 4 is 5.97 Å². The van der Waals surface area contributed by atoms with Crippen LogP contribution in [0.15, 0.2) is 0 Å². The highest BCUT2D eigenvalue weighted by atomic mass is 16.7. The number of carbonyl (C=O) groups excluding carboxylic acids is 1. The molecular weight excluding hydrogens is 558 g/mol. The van der Waals surface area contributed by atoms with Crippen LogP contribution in [0.1, 0.15) is 105 Å². The Hall–Kier alpha value is -0.770. The molecule has 0 aromatic carbocycles. The highest BCUT2D eigenvalue weighted by Gasteiger charge is 2.80. The topological polar surface area (TPSA) is 97.7 Å². The molecule has 13 atom stereocenters. The van der Waals surface area contributed by atoms with Gasteiger partial charge < -0.3 is 29.2 Å². The Balaban J connectivity index is 0.962. The largest absolute Gasteiger partial charge is 0.464 e. The molecule has 2 N–H and O–H groups in total. The predicted molar refractivity (Wildman–Crippen MR) is 163 cm³/mol. The first-order valence-electron chi connectivity index (χ1n) is 18.0. The highest BCUT2D eigenvalue weighted by molar-refractivity contribution is 5.77. The third kappa shape index (κ3) is 4.25. The predicted octanol–water partition coefficient (Wildman–Crippen LogP) is 4.68. The second-order valence-corrected chi connectivity index (χ2v) is 17.8. The minimum absolute atomic E-state index is 0.0820. The zero-order valence-electron chi connectivity index (χ0n) is 27.8. The number of ether oxygens (including phenoxy) is 4. The van der Waals surface area contributed by atoms with E-state index in [1.807, 2.05) is 0 Å². The molecule has 8 unspecified atom stereocenters. The van der Waals surface area contributed by atoms with Gasteiger partial charge in [-0.1, -0.05) is 20.8 Å². The molecule has 0 amide bonds. The Morgan fingerprint density at radius 1 is 0.955 bits per heavy atom. The van der Waals surface area contributed by atoms with Gasteiger partial charge in [-0.15, -0.1) is 0 Å². The lowest BCUT2D eigenvalue weighted by atomic mass is 9.46. The third-order valence-corrected chi connectivity index (χ3v) is 15.4. The molecule has 0 aromatic rings. The summed E-state index contributed by atoms with van der Waals surface area (Å²) in [5.74, 6) is 2.63. The normalized spacial score (nSPS) is 52.2. The maximum absolute atomic E-state index is 12.3. The molecule has 3 heterocycles. The lowest BCUT2D eigenvalue weighted by molar-refractivity contribution is -0.247. The average Bonchev–Trinajstić information content (AvgIpc) is 3.27. The van der Waals surface area contributed by atoms with Crippen molar-refractivity contribution in [2.75, 3.05) is 26.3 Å². The van der Waals surface area contributed by atoms with E-state index in [2.05, 4.69) is 25.7 Å². The fourth-order valence-electron chi connectivity index (χ4n) is 13.2. The van der Waals surface area contributed by atoms with E-state index in [9.17, 15) is 15.0 Å². The van der Waals surface area contributed by atoms with Gasteiger partial charge in [0.15, 0.2) is 6.29 Å². The molecule has 8 nitrogen and oxygen atoms in total.